The minimum Gasteiger partial charge on any atom is -0.372 e. The molecule has 1 unspecified atom stereocenters. The molecule has 0 spiro atoms. The normalized spacial score (nSPS) is 21.2. The predicted octanol–water partition coefficient (Wildman–Crippen LogP) is 3.69. The summed E-state index contributed by atoms with van der Waals surface area (Å²) in [6.07, 6.45) is 8.13. The van der Waals surface area contributed by atoms with Crippen LogP contribution >= 0.6 is 0 Å². The summed E-state index contributed by atoms with van der Waals surface area (Å²) in [6.45, 7) is 1.53. The molecule has 3 rings (SSSR count). The molecule has 2 nitrogen and oxygen atoms in total. The molecule has 2 aliphatic rings. The molecular weight excluding hydrogens is 222 g/mol. The molecule has 2 N–H and O–H groups in total. The molecule has 0 bridgehead atoms. The van der Waals surface area contributed by atoms with Crippen molar-refractivity contribution in [1.82, 2.24) is 0 Å². The number of benzene rings is 1. The molecule has 18 heavy (non-hydrogen) atoms. The second-order valence-electron chi connectivity index (χ2n) is 5.86. The van der Waals surface area contributed by atoms with Crippen LogP contribution in [0.2, 0.25) is 0 Å². The van der Waals surface area contributed by atoms with Crippen molar-refractivity contribution in [3.05, 3.63) is 34.9 Å². The second-order valence-corrected chi connectivity index (χ2v) is 5.86. The largest absolute Gasteiger partial charge is 0.372 e. The van der Waals surface area contributed by atoms with E-state index in [1.165, 1.54) is 48.8 Å². The molecule has 2 heteroatoms. The SMILES string of the molecule is NC(CCC1CCCC1)c1ccc2c(c1)COC2. The quantitative estimate of drug-likeness (QED) is 0.878. The summed E-state index contributed by atoms with van der Waals surface area (Å²) in [4.78, 5) is 0. The van der Waals surface area contributed by atoms with E-state index in [0.717, 1.165) is 25.6 Å². The maximum atomic E-state index is 6.33. The summed E-state index contributed by atoms with van der Waals surface area (Å²) < 4.78 is 5.45. The number of hydrogen-bond donors (Lipinski definition) is 1. The van der Waals surface area contributed by atoms with Crippen LogP contribution in [0.15, 0.2) is 18.2 Å². The van der Waals surface area contributed by atoms with Crippen LogP contribution in [0.25, 0.3) is 0 Å². The van der Waals surface area contributed by atoms with Crippen molar-refractivity contribution in [1.29, 1.82) is 0 Å². The van der Waals surface area contributed by atoms with Crippen LogP contribution in [0.3, 0.4) is 0 Å². The first-order valence-corrected chi connectivity index (χ1v) is 7.28. The van der Waals surface area contributed by atoms with E-state index < -0.39 is 0 Å². The molecule has 0 aromatic heterocycles. The van der Waals surface area contributed by atoms with Crippen molar-refractivity contribution in [2.75, 3.05) is 0 Å². The minimum absolute atomic E-state index is 0.205. The van der Waals surface area contributed by atoms with Crippen LogP contribution in [-0.4, -0.2) is 0 Å². The van der Waals surface area contributed by atoms with Gasteiger partial charge in [-0.25, -0.2) is 0 Å². The highest BCUT2D eigenvalue weighted by Gasteiger charge is 2.18. The van der Waals surface area contributed by atoms with Gasteiger partial charge in [-0.1, -0.05) is 43.9 Å². The van der Waals surface area contributed by atoms with Crippen molar-refractivity contribution in [3.8, 4) is 0 Å². The minimum atomic E-state index is 0.205. The molecule has 1 fully saturated rings. The Morgan fingerprint density at radius 2 is 1.94 bits per heavy atom. The lowest BCUT2D eigenvalue weighted by atomic mass is 9.94. The summed E-state index contributed by atoms with van der Waals surface area (Å²) in [6, 6.07) is 6.83. The molecular formula is C16H23NO. The Bertz CT molecular complexity index is 410. The molecule has 1 aromatic rings. The monoisotopic (exact) mass is 245 g/mol. The Hall–Kier alpha value is -0.860. The second kappa shape index (κ2) is 5.41. The summed E-state index contributed by atoms with van der Waals surface area (Å²) in [5, 5.41) is 0. The van der Waals surface area contributed by atoms with E-state index >= 15 is 0 Å². The van der Waals surface area contributed by atoms with Gasteiger partial charge in [0.05, 0.1) is 13.2 Å². The fourth-order valence-corrected chi connectivity index (χ4v) is 3.30. The zero-order chi connectivity index (χ0) is 12.4. The Labute approximate surface area is 110 Å². The molecule has 1 saturated carbocycles. The number of fused-ring (bicyclic) bond motifs is 1. The van der Waals surface area contributed by atoms with Gasteiger partial charge in [-0.15, -0.1) is 0 Å². The molecule has 0 radical (unpaired) electrons. The van der Waals surface area contributed by atoms with Gasteiger partial charge in [0.1, 0.15) is 0 Å². The van der Waals surface area contributed by atoms with Crippen LogP contribution in [0.5, 0.6) is 0 Å². The first kappa shape index (κ1) is 12.2. The van der Waals surface area contributed by atoms with Gasteiger partial charge >= 0.3 is 0 Å². The average Bonchev–Trinajstić information content (AvgIpc) is 3.05. The van der Waals surface area contributed by atoms with Gasteiger partial charge in [-0.05, 0) is 35.4 Å². The number of hydrogen-bond acceptors (Lipinski definition) is 2. The lowest BCUT2D eigenvalue weighted by Crippen LogP contribution is -2.12. The smallest absolute Gasteiger partial charge is 0.0725 e. The summed E-state index contributed by atoms with van der Waals surface area (Å²) >= 11 is 0. The first-order valence-electron chi connectivity index (χ1n) is 7.28. The van der Waals surface area contributed by atoms with Crippen LogP contribution in [-0.2, 0) is 18.0 Å². The Morgan fingerprint density at radius 3 is 2.78 bits per heavy atom. The summed E-state index contributed by atoms with van der Waals surface area (Å²) in [5.41, 5.74) is 10.3. The van der Waals surface area contributed by atoms with Gasteiger partial charge in [-0.3, -0.25) is 0 Å². The van der Waals surface area contributed by atoms with E-state index in [1.807, 2.05) is 0 Å². The molecule has 0 saturated heterocycles. The third kappa shape index (κ3) is 2.60. The van der Waals surface area contributed by atoms with Gasteiger partial charge in [-0.2, -0.15) is 0 Å². The van der Waals surface area contributed by atoms with E-state index in [0.29, 0.717) is 0 Å². The highest BCUT2D eigenvalue weighted by molar-refractivity contribution is 5.34. The fourth-order valence-electron chi connectivity index (χ4n) is 3.30. The number of ether oxygens (including phenoxy) is 1. The van der Waals surface area contributed by atoms with E-state index in [2.05, 4.69) is 18.2 Å². The average molecular weight is 245 g/mol. The standard InChI is InChI=1S/C16H23NO/c17-16(8-5-12-3-1-2-4-12)13-6-7-14-10-18-11-15(14)9-13/h6-7,9,12,16H,1-5,8,10-11,17H2. The molecule has 0 amide bonds. The van der Waals surface area contributed by atoms with Gasteiger partial charge in [0.15, 0.2) is 0 Å². The molecule has 1 heterocycles. The van der Waals surface area contributed by atoms with Crippen molar-refractivity contribution in [2.24, 2.45) is 11.7 Å². The molecule has 98 valence electrons. The zero-order valence-electron chi connectivity index (χ0n) is 11.0. The van der Waals surface area contributed by atoms with Gasteiger partial charge in [0.25, 0.3) is 0 Å². The van der Waals surface area contributed by atoms with Crippen molar-refractivity contribution in [3.63, 3.8) is 0 Å². The van der Waals surface area contributed by atoms with E-state index in [1.54, 1.807) is 0 Å². The van der Waals surface area contributed by atoms with Gasteiger partial charge < -0.3 is 10.5 Å². The van der Waals surface area contributed by atoms with Gasteiger partial charge in [0.2, 0.25) is 0 Å². The molecule has 1 aliphatic heterocycles. The van der Waals surface area contributed by atoms with Crippen LogP contribution in [0.1, 0.15) is 61.3 Å². The summed E-state index contributed by atoms with van der Waals surface area (Å²) in [7, 11) is 0. The van der Waals surface area contributed by atoms with E-state index in [4.69, 9.17) is 10.5 Å². The highest BCUT2D eigenvalue weighted by atomic mass is 16.5. The van der Waals surface area contributed by atoms with Crippen LogP contribution in [0.4, 0.5) is 0 Å². The summed E-state index contributed by atoms with van der Waals surface area (Å²) in [5.74, 6) is 0.939. The third-order valence-electron chi connectivity index (χ3n) is 4.53. The maximum Gasteiger partial charge on any atom is 0.0725 e. The third-order valence-corrected chi connectivity index (χ3v) is 4.53. The van der Waals surface area contributed by atoms with E-state index in [9.17, 15) is 0 Å². The van der Waals surface area contributed by atoms with Crippen LogP contribution < -0.4 is 5.73 Å². The Kier molecular flexibility index (Phi) is 3.67. The molecule has 1 aliphatic carbocycles. The lowest BCUT2D eigenvalue weighted by Gasteiger charge is -2.15. The van der Waals surface area contributed by atoms with E-state index in [-0.39, 0.29) is 6.04 Å². The Balaban J connectivity index is 1.59. The number of rotatable bonds is 4. The zero-order valence-corrected chi connectivity index (χ0v) is 11.0. The van der Waals surface area contributed by atoms with Crippen LogP contribution in [0, 0.1) is 5.92 Å². The molecule has 1 aromatic carbocycles. The number of nitrogens with two attached hydrogens (primary N) is 1. The van der Waals surface area contributed by atoms with Crippen molar-refractivity contribution in [2.45, 2.75) is 57.8 Å². The van der Waals surface area contributed by atoms with Crippen molar-refractivity contribution >= 4 is 0 Å². The van der Waals surface area contributed by atoms with Gasteiger partial charge in [0, 0.05) is 6.04 Å². The predicted molar refractivity (Wildman–Crippen MR) is 73.1 cm³/mol. The fraction of sp³-hybridized carbons (Fsp3) is 0.625. The highest BCUT2D eigenvalue weighted by Crippen LogP contribution is 2.31. The first-order chi connectivity index (χ1) is 8.83. The molecule has 1 atom stereocenters. The topological polar surface area (TPSA) is 35.2 Å². The Morgan fingerprint density at radius 1 is 1.17 bits per heavy atom. The maximum absolute atomic E-state index is 6.33. The van der Waals surface area contributed by atoms with Crippen molar-refractivity contribution < 1.29 is 4.74 Å². The lowest BCUT2D eigenvalue weighted by molar-refractivity contribution is 0.134.